The summed E-state index contributed by atoms with van der Waals surface area (Å²) in [5, 5.41) is 0. The maximum absolute atomic E-state index is 14.0. The van der Waals surface area contributed by atoms with E-state index in [-0.39, 0.29) is 5.92 Å². The molecule has 0 heterocycles. The van der Waals surface area contributed by atoms with Gasteiger partial charge in [0.15, 0.2) is 0 Å². The maximum atomic E-state index is 14.0. The Morgan fingerprint density at radius 3 is 2.40 bits per heavy atom. The molecule has 0 amide bonds. The first kappa shape index (κ1) is 11.7. The lowest BCUT2D eigenvalue weighted by molar-refractivity contribution is 0.235. The number of benzene rings is 1. The molecule has 1 aromatic carbocycles. The minimum Gasteiger partial charge on any atom is -0.317 e. The first-order chi connectivity index (χ1) is 7.16. The Morgan fingerprint density at radius 1 is 1.27 bits per heavy atom. The van der Waals surface area contributed by atoms with Gasteiger partial charge in [-0.2, -0.15) is 0 Å². The third kappa shape index (κ3) is 3.07. The van der Waals surface area contributed by atoms with Gasteiger partial charge in [-0.1, -0.05) is 43.2 Å². The van der Waals surface area contributed by atoms with Crippen molar-refractivity contribution in [1.29, 1.82) is 0 Å². The molecule has 2 N–H and O–H groups in total. The van der Waals surface area contributed by atoms with E-state index in [9.17, 15) is 4.39 Å². The Hall–Kier alpha value is -1.33. The van der Waals surface area contributed by atoms with Crippen molar-refractivity contribution in [2.45, 2.75) is 26.1 Å². The zero-order valence-electron chi connectivity index (χ0n) is 9.07. The van der Waals surface area contributed by atoms with E-state index in [1.807, 2.05) is 18.2 Å². The van der Waals surface area contributed by atoms with Crippen LogP contribution in [0.3, 0.4) is 0 Å². The second kappa shape index (κ2) is 5.53. The number of hydrogen-bond donors (Lipinski definition) is 1. The van der Waals surface area contributed by atoms with Crippen LogP contribution in [0.1, 0.15) is 25.6 Å². The lowest BCUT2D eigenvalue weighted by Gasteiger charge is -2.19. The van der Waals surface area contributed by atoms with Crippen molar-refractivity contribution in [2.24, 2.45) is 11.7 Å². The second-order valence-corrected chi connectivity index (χ2v) is 3.59. The van der Waals surface area contributed by atoms with Crippen molar-refractivity contribution in [3.05, 3.63) is 35.9 Å². The summed E-state index contributed by atoms with van der Waals surface area (Å²) in [6.45, 7) is 3.50. The molecule has 1 rings (SSSR count). The van der Waals surface area contributed by atoms with E-state index in [1.165, 1.54) is 0 Å². The molecule has 3 unspecified atom stereocenters. The van der Waals surface area contributed by atoms with Gasteiger partial charge in [-0.15, -0.1) is 5.92 Å². The molecule has 1 nitrogen and oxygen atoms in total. The van der Waals surface area contributed by atoms with Crippen LogP contribution in [0.25, 0.3) is 0 Å². The molecule has 1 aromatic rings. The Morgan fingerprint density at radius 2 is 1.87 bits per heavy atom. The van der Waals surface area contributed by atoms with Crippen LogP contribution in [0.2, 0.25) is 0 Å². The molecular formula is C13H16FN. The average molecular weight is 205 g/mol. The molecule has 0 saturated heterocycles. The number of nitrogens with two attached hydrogens (primary N) is 1. The van der Waals surface area contributed by atoms with Crippen LogP contribution >= 0.6 is 0 Å². The highest BCUT2D eigenvalue weighted by Crippen LogP contribution is 2.27. The summed E-state index contributed by atoms with van der Waals surface area (Å²) in [6, 6.07) is 8.65. The van der Waals surface area contributed by atoms with Gasteiger partial charge in [-0.05, 0) is 12.5 Å². The van der Waals surface area contributed by atoms with Crippen molar-refractivity contribution in [2.75, 3.05) is 0 Å². The topological polar surface area (TPSA) is 26.0 Å². The summed E-state index contributed by atoms with van der Waals surface area (Å²) >= 11 is 0. The van der Waals surface area contributed by atoms with Crippen molar-refractivity contribution in [1.82, 2.24) is 0 Å². The van der Waals surface area contributed by atoms with Gasteiger partial charge in [0, 0.05) is 5.92 Å². The van der Waals surface area contributed by atoms with Crippen LogP contribution in [-0.4, -0.2) is 6.04 Å². The van der Waals surface area contributed by atoms with Gasteiger partial charge in [0.25, 0.3) is 0 Å². The first-order valence-electron chi connectivity index (χ1n) is 5.03. The zero-order valence-corrected chi connectivity index (χ0v) is 9.07. The van der Waals surface area contributed by atoms with Gasteiger partial charge < -0.3 is 5.73 Å². The molecule has 0 aliphatic rings. The third-order valence-electron chi connectivity index (χ3n) is 2.46. The summed E-state index contributed by atoms with van der Waals surface area (Å²) < 4.78 is 14.0. The van der Waals surface area contributed by atoms with Crippen molar-refractivity contribution in [3.63, 3.8) is 0 Å². The van der Waals surface area contributed by atoms with Gasteiger partial charge in [0.2, 0.25) is 0 Å². The molecule has 80 valence electrons. The van der Waals surface area contributed by atoms with E-state index in [2.05, 4.69) is 11.8 Å². The highest BCUT2D eigenvalue weighted by Gasteiger charge is 2.22. The molecule has 0 bridgehead atoms. The van der Waals surface area contributed by atoms with Gasteiger partial charge in [0.1, 0.15) is 6.17 Å². The van der Waals surface area contributed by atoms with Crippen molar-refractivity contribution in [3.8, 4) is 11.8 Å². The fraction of sp³-hybridized carbons (Fsp3) is 0.385. The molecular weight excluding hydrogens is 189 g/mol. The fourth-order valence-corrected chi connectivity index (χ4v) is 1.42. The second-order valence-electron chi connectivity index (χ2n) is 3.59. The minimum absolute atomic E-state index is 0.292. The minimum atomic E-state index is -1.05. The van der Waals surface area contributed by atoms with Crippen molar-refractivity contribution < 1.29 is 4.39 Å². The summed E-state index contributed by atoms with van der Waals surface area (Å²) in [5.41, 5.74) is 6.42. The SMILES string of the molecule is CC#CC(N)C(C)C(F)c1ccccc1. The average Bonchev–Trinajstić information content (AvgIpc) is 2.28. The van der Waals surface area contributed by atoms with E-state index in [0.29, 0.717) is 5.56 Å². The van der Waals surface area contributed by atoms with Crippen LogP contribution in [0.4, 0.5) is 4.39 Å². The molecule has 0 aliphatic carbocycles. The molecule has 0 aliphatic heterocycles. The highest BCUT2D eigenvalue weighted by atomic mass is 19.1. The van der Waals surface area contributed by atoms with Crippen LogP contribution in [0.15, 0.2) is 30.3 Å². The lowest BCUT2D eigenvalue weighted by atomic mass is 9.93. The predicted octanol–water partition coefficient (Wildman–Crippen LogP) is 2.68. The summed E-state index contributed by atoms with van der Waals surface area (Å²) in [5.74, 6) is 5.20. The number of rotatable bonds is 3. The van der Waals surface area contributed by atoms with Gasteiger partial charge in [-0.3, -0.25) is 0 Å². The molecule has 0 fully saturated rings. The number of halogens is 1. The summed E-state index contributed by atoms with van der Waals surface area (Å²) in [6.07, 6.45) is -1.05. The van der Waals surface area contributed by atoms with Gasteiger partial charge in [0.05, 0.1) is 6.04 Å². The first-order valence-corrected chi connectivity index (χ1v) is 5.03. The zero-order chi connectivity index (χ0) is 11.3. The smallest absolute Gasteiger partial charge is 0.130 e. The molecule has 3 atom stereocenters. The number of alkyl halides is 1. The number of hydrogen-bond acceptors (Lipinski definition) is 1. The van der Waals surface area contributed by atoms with E-state index < -0.39 is 12.2 Å². The Kier molecular flexibility index (Phi) is 4.33. The fourth-order valence-electron chi connectivity index (χ4n) is 1.42. The molecule has 0 radical (unpaired) electrons. The Labute approximate surface area is 90.5 Å². The van der Waals surface area contributed by atoms with Crippen molar-refractivity contribution >= 4 is 0 Å². The van der Waals surface area contributed by atoms with Crippen LogP contribution in [-0.2, 0) is 0 Å². The maximum Gasteiger partial charge on any atom is 0.130 e. The normalized spacial score (nSPS) is 16.0. The van der Waals surface area contributed by atoms with Crippen LogP contribution in [0.5, 0.6) is 0 Å². The summed E-state index contributed by atoms with van der Waals surface area (Å²) in [7, 11) is 0. The largest absolute Gasteiger partial charge is 0.317 e. The van der Waals surface area contributed by atoms with E-state index >= 15 is 0 Å². The van der Waals surface area contributed by atoms with Crippen LogP contribution < -0.4 is 5.73 Å². The molecule has 15 heavy (non-hydrogen) atoms. The van der Waals surface area contributed by atoms with E-state index in [1.54, 1.807) is 26.0 Å². The molecule has 0 spiro atoms. The summed E-state index contributed by atoms with van der Waals surface area (Å²) in [4.78, 5) is 0. The third-order valence-corrected chi connectivity index (χ3v) is 2.46. The van der Waals surface area contributed by atoms with Gasteiger partial charge >= 0.3 is 0 Å². The highest BCUT2D eigenvalue weighted by molar-refractivity contribution is 5.20. The van der Waals surface area contributed by atoms with E-state index in [4.69, 9.17) is 5.73 Å². The Bertz CT molecular complexity index is 350. The van der Waals surface area contributed by atoms with Gasteiger partial charge in [-0.25, -0.2) is 4.39 Å². The standard InChI is InChI=1S/C13H16FN/c1-3-7-12(15)10(2)13(14)11-8-5-4-6-9-11/h4-6,8-10,12-13H,15H2,1-2H3. The van der Waals surface area contributed by atoms with Crippen LogP contribution in [0, 0.1) is 17.8 Å². The molecule has 2 heteroatoms. The van der Waals surface area contributed by atoms with E-state index in [0.717, 1.165) is 0 Å². The molecule has 0 saturated carbocycles. The Balaban J connectivity index is 2.75. The lowest BCUT2D eigenvalue weighted by Crippen LogP contribution is -2.29. The predicted molar refractivity (Wildman–Crippen MR) is 60.9 cm³/mol. The molecule has 0 aromatic heterocycles. The monoisotopic (exact) mass is 205 g/mol. The quantitative estimate of drug-likeness (QED) is 0.754.